The van der Waals surface area contributed by atoms with Gasteiger partial charge < -0.3 is 20.2 Å². The maximum Gasteiger partial charge on any atom is 0.256 e. The number of nitrogens with zero attached hydrogens (tertiary/aromatic N) is 4. The molecule has 1 fully saturated rings. The number of aromatic nitrogens is 5. The zero-order valence-corrected chi connectivity index (χ0v) is 19.6. The van der Waals surface area contributed by atoms with E-state index in [1.807, 2.05) is 13.8 Å². The molecule has 184 valence electrons. The Morgan fingerprint density at radius 3 is 2.80 bits per heavy atom. The molecule has 1 amide bonds. The Morgan fingerprint density at radius 2 is 2.09 bits per heavy atom. The fraction of sp³-hybridized carbons (Fsp3) is 0.417. The van der Waals surface area contributed by atoms with Gasteiger partial charge in [-0.25, -0.2) is 23.1 Å². The maximum absolute atomic E-state index is 14.8. The molecule has 1 aliphatic carbocycles. The van der Waals surface area contributed by atoms with Gasteiger partial charge >= 0.3 is 0 Å². The SMILES string of the molecule is CCC(=O)NC1(C)CC(Nc2ncc3c(-c4cc(F)c5nc(C)n(CC(F)F)c5c4)c[nH]c3n2)C1. The molecule has 35 heavy (non-hydrogen) atoms. The van der Waals surface area contributed by atoms with Crippen molar-refractivity contribution in [2.24, 2.45) is 0 Å². The van der Waals surface area contributed by atoms with Crippen LogP contribution in [0.2, 0.25) is 0 Å². The zero-order valence-electron chi connectivity index (χ0n) is 19.6. The Balaban J connectivity index is 1.39. The van der Waals surface area contributed by atoms with Gasteiger partial charge in [0.15, 0.2) is 5.82 Å². The van der Waals surface area contributed by atoms with Crippen molar-refractivity contribution in [2.75, 3.05) is 5.32 Å². The highest BCUT2D eigenvalue weighted by molar-refractivity contribution is 5.96. The second-order valence-corrected chi connectivity index (χ2v) is 9.36. The molecule has 0 radical (unpaired) electrons. The van der Waals surface area contributed by atoms with Gasteiger partial charge in [-0.05, 0) is 44.4 Å². The van der Waals surface area contributed by atoms with Gasteiger partial charge in [-0.1, -0.05) is 6.92 Å². The number of fused-ring (bicyclic) bond motifs is 2. The van der Waals surface area contributed by atoms with E-state index in [2.05, 4.69) is 30.6 Å². The number of H-pyrrole nitrogens is 1. The number of amides is 1. The Bertz CT molecular complexity index is 1420. The molecule has 0 aliphatic heterocycles. The standard InChI is InChI=1S/C24H26F3N7O/c1-4-20(35)33-24(3)7-14(8-24)31-23-29-10-16-15(9-28-22(16)32-23)13-5-17(25)21-18(6-13)34(11-19(26)27)12(2)30-21/h5-6,9-10,14,19H,4,7-8,11H2,1-3H3,(H,33,35)(H2,28,29,31,32). The third kappa shape index (κ3) is 4.30. The second-order valence-electron chi connectivity index (χ2n) is 9.36. The molecule has 3 aromatic heterocycles. The first-order valence-corrected chi connectivity index (χ1v) is 11.5. The molecule has 1 aliphatic rings. The first-order chi connectivity index (χ1) is 16.7. The van der Waals surface area contributed by atoms with Crippen LogP contribution in [-0.4, -0.2) is 48.4 Å². The minimum Gasteiger partial charge on any atom is -0.351 e. The largest absolute Gasteiger partial charge is 0.351 e. The number of rotatable bonds is 7. The van der Waals surface area contributed by atoms with Crippen LogP contribution in [0, 0.1) is 12.7 Å². The predicted molar refractivity (Wildman–Crippen MR) is 127 cm³/mol. The second kappa shape index (κ2) is 8.54. The van der Waals surface area contributed by atoms with Crippen molar-refractivity contribution >= 4 is 33.9 Å². The summed E-state index contributed by atoms with van der Waals surface area (Å²) in [7, 11) is 0. The number of imidazole rings is 1. The first-order valence-electron chi connectivity index (χ1n) is 11.5. The number of hydrogen-bond acceptors (Lipinski definition) is 5. The lowest BCUT2D eigenvalue weighted by Gasteiger charge is -2.45. The third-order valence-electron chi connectivity index (χ3n) is 6.55. The monoisotopic (exact) mass is 485 g/mol. The number of hydrogen-bond donors (Lipinski definition) is 3. The topological polar surface area (TPSA) is 101 Å². The Morgan fingerprint density at radius 1 is 1.31 bits per heavy atom. The van der Waals surface area contributed by atoms with E-state index >= 15 is 0 Å². The molecule has 0 saturated heterocycles. The minimum absolute atomic E-state index is 0.0320. The summed E-state index contributed by atoms with van der Waals surface area (Å²) in [5.74, 6) is 0.234. The normalized spacial score (nSPS) is 19.9. The lowest BCUT2D eigenvalue weighted by molar-refractivity contribution is -0.123. The quantitative estimate of drug-likeness (QED) is 0.357. The number of benzene rings is 1. The fourth-order valence-corrected chi connectivity index (χ4v) is 4.88. The molecule has 0 spiro atoms. The highest BCUT2D eigenvalue weighted by atomic mass is 19.3. The molecule has 0 bridgehead atoms. The van der Waals surface area contributed by atoms with Gasteiger partial charge in [-0.15, -0.1) is 0 Å². The van der Waals surface area contributed by atoms with E-state index in [4.69, 9.17) is 0 Å². The van der Waals surface area contributed by atoms with Crippen molar-refractivity contribution in [1.82, 2.24) is 29.8 Å². The molecule has 3 N–H and O–H groups in total. The average molecular weight is 486 g/mol. The van der Waals surface area contributed by atoms with Crippen LogP contribution in [0.5, 0.6) is 0 Å². The van der Waals surface area contributed by atoms with Crippen molar-refractivity contribution in [3.05, 3.63) is 36.2 Å². The van der Waals surface area contributed by atoms with Crippen LogP contribution in [0.4, 0.5) is 19.1 Å². The molecule has 0 unspecified atom stereocenters. The predicted octanol–water partition coefficient (Wildman–Crippen LogP) is 4.55. The number of carbonyl (C=O) groups excluding carboxylic acids is 1. The molecule has 0 atom stereocenters. The van der Waals surface area contributed by atoms with Gasteiger partial charge in [-0.2, -0.15) is 4.98 Å². The van der Waals surface area contributed by atoms with E-state index in [9.17, 15) is 18.0 Å². The molecule has 8 nitrogen and oxygen atoms in total. The molecular formula is C24H26F3N7O. The van der Waals surface area contributed by atoms with Gasteiger partial charge in [0.1, 0.15) is 17.0 Å². The summed E-state index contributed by atoms with van der Waals surface area (Å²) in [6, 6.07) is 3.14. The van der Waals surface area contributed by atoms with E-state index in [0.29, 0.717) is 45.9 Å². The molecule has 1 aromatic carbocycles. The number of carbonyl (C=O) groups is 1. The maximum atomic E-state index is 14.8. The highest BCUT2D eigenvalue weighted by Crippen LogP contribution is 2.35. The molecular weight excluding hydrogens is 459 g/mol. The highest BCUT2D eigenvalue weighted by Gasteiger charge is 2.41. The van der Waals surface area contributed by atoms with Crippen molar-refractivity contribution in [3.63, 3.8) is 0 Å². The Kier molecular flexibility index (Phi) is 5.65. The summed E-state index contributed by atoms with van der Waals surface area (Å²) in [5, 5.41) is 7.01. The number of alkyl halides is 2. The summed E-state index contributed by atoms with van der Waals surface area (Å²) in [6.45, 7) is 4.87. The molecule has 4 aromatic rings. The van der Waals surface area contributed by atoms with E-state index < -0.39 is 18.8 Å². The third-order valence-corrected chi connectivity index (χ3v) is 6.55. The minimum atomic E-state index is -2.58. The number of halogens is 3. The summed E-state index contributed by atoms with van der Waals surface area (Å²) in [5.41, 5.74) is 1.89. The van der Waals surface area contributed by atoms with E-state index in [-0.39, 0.29) is 23.0 Å². The molecule has 3 heterocycles. The molecule has 11 heteroatoms. The van der Waals surface area contributed by atoms with Crippen LogP contribution in [0.3, 0.4) is 0 Å². The van der Waals surface area contributed by atoms with Crippen LogP contribution in [0.1, 0.15) is 38.9 Å². The average Bonchev–Trinajstić information content (AvgIpc) is 3.33. The Labute approximate surface area is 199 Å². The first kappa shape index (κ1) is 23.1. The van der Waals surface area contributed by atoms with Crippen molar-refractivity contribution in [1.29, 1.82) is 0 Å². The molecule has 1 saturated carbocycles. The van der Waals surface area contributed by atoms with Crippen molar-refractivity contribution < 1.29 is 18.0 Å². The van der Waals surface area contributed by atoms with Crippen molar-refractivity contribution in [3.8, 4) is 11.1 Å². The fourth-order valence-electron chi connectivity index (χ4n) is 4.88. The summed E-state index contributed by atoms with van der Waals surface area (Å²) >= 11 is 0. The lowest BCUT2D eigenvalue weighted by atomic mass is 9.74. The van der Waals surface area contributed by atoms with Crippen LogP contribution in [-0.2, 0) is 11.3 Å². The van der Waals surface area contributed by atoms with Gasteiger partial charge in [0.25, 0.3) is 6.43 Å². The number of aryl methyl sites for hydroxylation is 1. The van der Waals surface area contributed by atoms with Crippen LogP contribution in [0.15, 0.2) is 24.5 Å². The summed E-state index contributed by atoms with van der Waals surface area (Å²) in [4.78, 5) is 27.9. The number of aromatic amines is 1. The number of nitrogens with one attached hydrogen (secondary N) is 3. The zero-order chi connectivity index (χ0) is 24.9. The lowest BCUT2D eigenvalue weighted by Crippen LogP contribution is -2.59. The smallest absolute Gasteiger partial charge is 0.256 e. The summed E-state index contributed by atoms with van der Waals surface area (Å²) in [6.07, 6.45) is 2.75. The van der Waals surface area contributed by atoms with Gasteiger partial charge in [0, 0.05) is 41.3 Å². The Hall–Kier alpha value is -3.63. The van der Waals surface area contributed by atoms with E-state index in [0.717, 1.165) is 12.8 Å². The van der Waals surface area contributed by atoms with E-state index in [1.54, 1.807) is 25.4 Å². The van der Waals surface area contributed by atoms with Crippen molar-refractivity contribution in [2.45, 2.75) is 64.6 Å². The van der Waals surface area contributed by atoms with Gasteiger partial charge in [0.05, 0.1) is 12.1 Å². The number of anilines is 1. The van der Waals surface area contributed by atoms with Gasteiger partial charge in [0.2, 0.25) is 11.9 Å². The van der Waals surface area contributed by atoms with Crippen LogP contribution in [0.25, 0.3) is 33.2 Å². The van der Waals surface area contributed by atoms with Gasteiger partial charge in [-0.3, -0.25) is 4.79 Å². The summed E-state index contributed by atoms with van der Waals surface area (Å²) < 4.78 is 42.3. The van der Waals surface area contributed by atoms with E-state index in [1.165, 1.54) is 10.6 Å². The van der Waals surface area contributed by atoms with Crippen LogP contribution >= 0.6 is 0 Å². The van der Waals surface area contributed by atoms with Crippen LogP contribution < -0.4 is 10.6 Å². The molecule has 5 rings (SSSR count).